The van der Waals surface area contributed by atoms with Crippen molar-refractivity contribution in [1.82, 2.24) is 0 Å². The zero-order valence-electron chi connectivity index (χ0n) is 6.93. The van der Waals surface area contributed by atoms with Gasteiger partial charge in [0.15, 0.2) is 0 Å². The molecule has 0 atom stereocenters. The Hall–Kier alpha value is -1.19. The third kappa shape index (κ3) is 2.65. The van der Waals surface area contributed by atoms with Crippen LogP contribution < -0.4 is 4.74 Å². The molecule has 71 valence electrons. The standard InChI is InChI=1S/C9H8F3O/c1-2-13-8-5-3-7(4-6-8)9(10,11)12/h2-6H,1H3. The van der Waals surface area contributed by atoms with Gasteiger partial charge >= 0.3 is 6.18 Å². The van der Waals surface area contributed by atoms with Crippen LogP contribution in [-0.2, 0) is 6.18 Å². The van der Waals surface area contributed by atoms with Crippen LogP contribution >= 0.6 is 0 Å². The molecule has 0 amide bonds. The quantitative estimate of drug-likeness (QED) is 0.693. The predicted octanol–water partition coefficient (Wildman–Crippen LogP) is 3.27. The van der Waals surface area contributed by atoms with Crippen molar-refractivity contribution in [2.75, 3.05) is 0 Å². The first kappa shape index (κ1) is 9.89. The van der Waals surface area contributed by atoms with E-state index in [0.29, 0.717) is 5.75 Å². The summed E-state index contributed by atoms with van der Waals surface area (Å²) in [5, 5.41) is 0. The molecule has 1 aromatic rings. The molecule has 0 saturated heterocycles. The lowest BCUT2D eigenvalue weighted by molar-refractivity contribution is -0.137. The molecule has 4 heteroatoms. The fourth-order valence-corrected chi connectivity index (χ4v) is 0.859. The Morgan fingerprint density at radius 1 is 1.15 bits per heavy atom. The van der Waals surface area contributed by atoms with E-state index in [2.05, 4.69) is 0 Å². The molecule has 0 aliphatic rings. The Morgan fingerprint density at radius 3 is 2.08 bits per heavy atom. The summed E-state index contributed by atoms with van der Waals surface area (Å²) in [5.41, 5.74) is -0.670. The van der Waals surface area contributed by atoms with E-state index in [9.17, 15) is 13.2 Å². The second-order valence-electron chi connectivity index (χ2n) is 2.38. The highest BCUT2D eigenvalue weighted by Crippen LogP contribution is 2.30. The van der Waals surface area contributed by atoms with Gasteiger partial charge in [0.1, 0.15) is 12.4 Å². The minimum atomic E-state index is -4.28. The minimum absolute atomic E-state index is 0.399. The van der Waals surface area contributed by atoms with Crippen molar-refractivity contribution in [1.29, 1.82) is 0 Å². The number of benzene rings is 1. The summed E-state index contributed by atoms with van der Waals surface area (Å²) in [4.78, 5) is 0. The molecule has 0 aliphatic heterocycles. The first-order valence-electron chi connectivity index (χ1n) is 3.66. The molecule has 1 aromatic carbocycles. The number of rotatable bonds is 2. The summed E-state index contributed by atoms with van der Waals surface area (Å²) >= 11 is 0. The van der Waals surface area contributed by atoms with E-state index in [-0.39, 0.29) is 0 Å². The van der Waals surface area contributed by atoms with Crippen LogP contribution in [0.3, 0.4) is 0 Å². The van der Waals surface area contributed by atoms with Crippen LogP contribution in [0.5, 0.6) is 5.75 Å². The van der Waals surface area contributed by atoms with Crippen molar-refractivity contribution < 1.29 is 17.9 Å². The van der Waals surface area contributed by atoms with Gasteiger partial charge in [0, 0.05) is 0 Å². The normalized spacial score (nSPS) is 11.4. The zero-order valence-corrected chi connectivity index (χ0v) is 6.93. The Morgan fingerprint density at radius 2 is 1.69 bits per heavy atom. The average Bonchev–Trinajstić information content (AvgIpc) is 2.04. The molecule has 0 bridgehead atoms. The average molecular weight is 189 g/mol. The van der Waals surface area contributed by atoms with Crippen molar-refractivity contribution in [2.45, 2.75) is 13.1 Å². The van der Waals surface area contributed by atoms with E-state index >= 15 is 0 Å². The Bertz CT molecular complexity index is 263. The number of hydrogen-bond acceptors (Lipinski definition) is 1. The van der Waals surface area contributed by atoms with E-state index in [1.54, 1.807) is 6.92 Å². The topological polar surface area (TPSA) is 9.23 Å². The van der Waals surface area contributed by atoms with Crippen molar-refractivity contribution in [3.63, 3.8) is 0 Å². The SMILES string of the molecule is C[CH]Oc1ccc(C(F)(F)F)cc1. The van der Waals surface area contributed by atoms with Gasteiger partial charge < -0.3 is 4.74 Å². The lowest BCUT2D eigenvalue weighted by Gasteiger charge is -2.07. The molecule has 0 saturated carbocycles. The molecule has 0 unspecified atom stereocenters. The highest BCUT2D eigenvalue weighted by atomic mass is 19.4. The number of hydrogen-bond donors (Lipinski definition) is 0. The third-order valence-corrected chi connectivity index (χ3v) is 1.44. The highest BCUT2D eigenvalue weighted by molar-refractivity contribution is 5.28. The Kier molecular flexibility index (Phi) is 2.80. The monoisotopic (exact) mass is 189 g/mol. The molecule has 0 heterocycles. The van der Waals surface area contributed by atoms with E-state index in [4.69, 9.17) is 4.74 Å². The second-order valence-corrected chi connectivity index (χ2v) is 2.38. The third-order valence-electron chi connectivity index (χ3n) is 1.44. The lowest BCUT2D eigenvalue weighted by Crippen LogP contribution is -2.04. The highest BCUT2D eigenvalue weighted by Gasteiger charge is 2.29. The van der Waals surface area contributed by atoms with Crippen LogP contribution in [0.25, 0.3) is 0 Å². The van der Waals surface area contributed by atoms with Crippen molar-refractivity contribution >= 4 is 0 Å². The summed E-state index contributed by atoms with van der Waals surface area (Å²) in [7, 11) is 0. The van der Waals surface area contributed by atoms with Crippen LogP contribution in [0.1, 0.15) is 12.5 Å². The molecule has 1 radical (unpaired) electrons. The van der Waals surface area contributed by atoms with Gasteiger partial charge in [0.2, 0.25) is 0 Å². The van der Waals surface area contributed by atoms with Gasteiger partial charge in [0.25, 0.3) is 0 Å². The maximum absolute atomic E-state index is 12.1. The van der Waals surface area contributed by atoms with Crippen LogP contribution in [0.15, 0.2) is 24.3 Å². The van der Waals surface area contributed by atoms with Crippen LogP contribution in [-0.4, -0.2) is 0 Å². The first-order valence-corrected chi connectivity index (χ1v) is 3.66. The minimum Gasteiger partial charge on any atom is -0.487 e. The van der Waals surface area contributed by atoms with Gasteiger partial charge in [0.05, 0.1) is 5.56 Å². The van der Waals surface area contributed by atoms with Gasteiger partial charge in [-0.1, -0.05) is 0 Å². The van der Waals surface area contributed by atoms with Crippen LogP contribution in [0.2, 0.25) is 0 Å². The second kappa shape index (κ2) is 3.68. The number of ether oxygens (including phenoxy) is 1. The van der Waals surface area contributed by atoms with E-state index < -0.39 is 11.7 Å². The van der Waals surface area contributed by atoms with E-state index in [0.717, 1.165) is 12.1 Å². The summed E-state index contributed by atoms with van der Waals surface area (Å²) in [5.74, 6) is 0.399. The molecule has 0 aromatic heterocycles. The van der Waals surface area contributed by atoms with E-state index in [1.807, 2.05) is 0 Å². The maximum Gasteiger partial charge on any atom is 0.416 e. The summed E-state index contributed by atoms with van der Waals surface area (Å²) < 4.78 is 41.1. The Balaban J connectivity index is 2.81. The summed E-state index contributed by atoms with van der Waals surface area (Å²) in [6.45, 7) is 3.06. The van der Waals surface area contributed by atoms with Gasteiger partial charge in [-0.2, -0.15) is 13.2 Å². The molecular formula is C9H8F3O. The van der Waals surface area contributed by atoms with Gasteiger partial charge in [-0.25, -0.2) is 0 Å². The van der Waals surface area contributed by atoms with Gasteiger partial charge in [-0.15, -0.1) is 0 Å². The van der Waals surface area contributed by atoms with Crippen molar-refractivity contribution in [3.8, 4) is 5.75 Å². The summed E-state index contributed by atoms with van der Waals surface area (Å²) in [6.07, 6.45) is -4.28. The molecule has 0 spiro atoms. The predicted molar refractivity (Wildman–Crippen MR) is 42.0 cm³/mol. The summed E-state index contributed by atoms with van der Waals surface area (Å²) in [6, 6.07) is 4.53. The number of halogens is 3. The van der Waals surface area contributed by atoms with Gasteiger partial charge in [-0.3, -0.25) is 0 Å². The molecule has 0 aliphatic carbocycles. The van der Waals surface area contributed by atoms with Crippen molar-refractivity contribution in [3.05, 3.63) is 36.4 Å². The molecule has 0 N–H and O–H groups in total. The molecule has 1 rings (SSSR count). The fraction of sp³-hybridized carbons (Fsp3) is 0.222. The first-order chi connectivity index (χ1) is 6.04. The maximum atomic E-state index is 12.1. The molecular weight excluding hydrogens is 181 g/mol. The Labute approximate surface area is 74.1 Å². The fourth-order valence-electron chi connectivity index (χ4n) is 0.859. The lowest BCUT2D eigenvalue weighted by atomic mass is 10.2. The van der Waals surface area contributed by atoms with Crippen molar-refractivity contribution in [2.24, 2.45) is 0 Å². The number of alkyl halides is 3. The molecule has 0 fully saturated rings. The van der Waals surface area contributed by atoms with Gasteiger partial charge in [-0.05, 0) is 31.2 Å². The van der Waals surface area contributed by atoms with E-state index in [1.165, 1.54) is 18.7 Å². The smallest absolute Gasteiger partial charge is 0.416 e. The van der Waals surface area contributed by atoms with Crippen LogP contribution in [0.4, 0.5) is 13.2 Å². The largest absolute Gasteiger partial charge is 0.487 e. The molecule has 1 nitrogen and oxygen atoms in total. The zero-order chi connectivity index (χ0) is 9.90. The van der Waals surface area contributed by atoms with Crippen LogP contribution in [0, 0.1) is 6.61 Å². The molecule has 13 heavy (non-hydrogen) atoms.